The number of rotatable bonds is 4. The van der Waals surface area contributed by atoms with Crippen molar-refractivity contribution in [1.82, 2.24) is 19.9 Å². The molecule has 0 radical (unpaired) electrons. The summed E-state index contributed by atoms with van der Waals surface area (Å²) in [4.78, 5) is 21.6. The second-order valence-electron chi connectivity index (χ2n) is 5.45. The van der Waals surface area contributed by atoms with Crippen LogP contribution in [0.15, 0.2) is 61.3 Å². The topological polar surface area (TPSA) is 54.8 Å². The lowest BCUT2D eigenvalue weighted by Gasteiger charge is -2.17. The molecule has 0 saturated carbocycles. The summed E-state index contributed by atoms with van der Waals surface area (Å²) >= 11 is 1.68. The van der Waals surface area contributed by atoms with E-state index < -0.39 is 0 Å². The largest absolute Gasteiger partial charge is 0.353 e. The van der Waals surface area contributed by atoms with Crippen molar-refractivity contribution < 1.29 is 0 Å². The molecule has 4 aromatic rings. The number of anilines is 1. The highest BCUT2D eigenvalue weighted by Gasteiger charge is 2.13. The molecular weight excluding hydrogens is 318 g/mol. The first-order valence-corrected chi connectivity index (χ1v) is 8.39. The lowest BCUT2D eigenvalue weighted by atomic mass is 10.2. The molecule has 24 heavy (non-hydrogen) atoms. The zero-order chi connectivity index (χ0) is 16.4. The SMILES string of the molecule is CN(Cc1cnccn1)c1ncnc2sc(-c3ccccc3)cc12. The highest BCUT2D eigenvalue weighted by molar-refractivity contribution is 7.21. The van der Waals surface area contributed by atoms with Crippen LogP contribution < -0.4 is 4.90 Å². The molecule has 1 aromatic carbocycles. The van der Waals surface area contributed by atoms with Crippen molar-refractivity contribution in [1.29, 1.82) is 0 Å². The van der Waals surface area contributed by atoms with Crippen LogP contribution in [0.2, 0.25) is 0 Å². The first-order chi connectivity index (χ1) is 11.8. The minimum Gasteiger partial charge on any atom is -0.353 e. The monoisotopic (exact) mass is 333 g/mol. The quantitative estimate of drug-likeness (QED) is 0.569. The summed E-state index contributed by atoms with van der Waals surface area (Å²) in [6.45, 7) is 0.649. The van der Waals surface area contributed by atoms with E-state index >= 15 is 0 Å². The molecule has 0 spiro atoms. The minimum atomic E-state index is 0.649. The molecule has 0 aliphatic rings. The van der Waals surface area contributed by atoms with E-state index in [9.17, 15) is 0 Å². The fraction of sp³-hybridized carbons (Fsp3) is 0.111. The second-order valence-corrected chi connectivity index (χ2v) is 6.48. The van der Waals surface area contributed by atoms with Crippen molar-refractivity contribution >= 4 is 27.4 Å². The van der Waals surface area contributed by atoms with Gasteiger partial charge in [0, 0.05) is 24.3 Å². The van der Waals surface area contributed by atoms with Gasteiger partial charge in [-0.15, -0.1) is 11.3 Å². The number of hydrogen-bond acceptors (Lipinski definition) is 6. The van der Waals surface area contributed by atoms with Gasteiger partial charge in [0.15, 0.2) is 0 Å². The van der Waals surface area contributed by atoms with Gasteiger partial charge in [0.25, 0.3) is 0 Å². The maximum atomic E-state index is 4.48. The third-order valence-corrected chi connectivity index (χ3v) is 4.84. The molecule has 0 amide bonds. The zero-order valence-electron chi connectivity index (χ0n) is 13.1. The molecule has 0 aliphatic heterocycles. The molecule has 0 aliphatic carbocycles. The molecule has 3 heterocycles. The van der Waals surface area contributed by atoms with Crippen LogP contribution in [0.5, 0.6) is 0 Å². The van der Waals surface area contributed by atoms with Crippen LogP contribution >= 0.6 is 11.3 Å². The maximum absolute atomic E-state index is 4.48. The van der Waals surface area contributed by atoms with Crippen molar-refractivity contribution in [3.05, 3.63) is 67.0 Å². The molecule has 0 atom stereocenters. The lowest BCUT2D eigenvalue weighted by Crippen LogP contribution is -2.18. The van der Waals surface area contributed by atoms with Crippen LogP contribution in [0.3, 0.4) is 0 Å². The molecule has 0 fully saturated rings. The Bertz CT molecular complexity index is 953. The Morgan fingerprint density at radius 3 is 2.71 bits per heavy atom. The van der Waals surface area contributed by atoms with Crippen LogP contribution in [0.25, 0.3) is 20.7 Å². The van der Waals surface area contributed by atoms with Gasteiger partial charge in [-0.2, -0.15) is 0 Å². The van der Waals surface area contributed by atoms with Gasteiger partial charge >= 0.3 is 0 Å². The van der Waals surface area contributed by atoms with Gasteiger partial charge in [0.2, 0.25) is 0 Å². The number of thiophene rings is 1. The van der Waals surface area contributed by atoms with Crippen molar-refractivity contribution in [2.45, 2.75) is 6.54 Å². The third kappa shape index (κ3) is 2.83. The molecule has 0 saturated heterocycles. The Labute approximate surface area is 143 Å². The predicted octanol–water partition coefficient (Wildman–Crippen LogP) is 3.78. The summed E-state index contributed by atoms with van der Waals surface area (Å²) in [5, 5.41) is 1.06. The van der Waals surface area contributed by atoms with E-state index in [0.717, 1.165) is 21.7 Å². The van der Waals surface area contributed by atoms with Gasteiger partial charge in [-0.3, -0.25) is 9.97 Å². The predicted molar refractivity (Wildman–Crippen MR) is 97.0 cm³/mol. The Balaban J connectivity index is 1.72. The average Bonchev–Trinajstić information content (AvgIpc) is 3.07. The first-order valence-electron chi connectivity index (χ1n) is 7.57. The van der Waals surface area contributed by atoms with E-state index in [4.69, 9.17) is 0 Å². The zero-order valence-corrected chi connectivity index (χ0v) is 13.9. The first kappa shape index (κ1) is 14.7. The smallest absolute Gasteiger partial charge is 0.140 e. The molecule has 0 N–H and O–H groups in total. The van der Waals surface area contributed by atoms with Gasteiger partial charge in [-0.1, -0.05) is 30.3 Å². The summed E-state index contributed by atoms with van der Waals surface area (Å²) in [5.41, 5.74) is 2.10. The fourth-order valence-electron chi connectivity index (χ4n) is 2.62. The van der Waals surface area contributed by atoms with Crippen LogP contribution in [0.1, 0.15) is 5.69 Å². The summed E-state index contributed by atoms with van der Waals surface area (Å²) < 4.78 is 0. The summed E-state index contributed by atoms with van der Waals surface area (Å²) in [6, 6.07) is 12.5. The number of fused-ring (bicyclic) bond motifs is 1. The maximum Gasteiger partial charge on any atom is 0.140 e. The number of nitrogens with zero attached hydrogens (tertiary/aromatic N) is 5. The van der Waals surface area contributed by atoms with Crippen LogP contribution in [-0.4, -0.2) is 27.0 Å². The van der Waals surface area contributed by atoms with E-state index in [1.54, 1.807) is 36.3 Å². The van der Waals surface area contributed by atoms with Crippen molar-refractivity contribution in [2.24, 2.45) is 0 Å². The molecule has 6 heteroatoms. The minimum absolute atomic E-state index is 0.649. The van der Waals surface area contributed by atoms with Crippen LogP contribution in [0, 0.1) is 0 Å². The van der Waals surface area contributed by atoms with Crippen molar-refractivity contribution in [2.75, 3.05) is 11.9 Å². The summed E-state index contributed by atoms with van der Waals surface area (Å²) in [5.74, 6) is 0.907. The summed E-state index contributed by atoms with van der Waals surface area (Å²) in [6.07, 6.45) is 6.78. The number of hydrogen-bond donors (Lipinski definition) is 0. The highest BCUT2D eigenvalue weighted by atomic mass is 32.1. The van der Waals surface area contributed by atoms with Crippen LogP contribution in [-0.2, 0) is 6.54 Å². The number of benzene rings is 1. The van der Waals surface area contributed by atoms with E-state index in [1.807, 2.05) is 25.2 Å². The molecule has 3 aromatic heterocycles. The van der Waals surface area contributed by atoms with Crippen molar-refractivity contribution in [3.63, 3.8) is 0 Å². The molecule has 118 valence electrons. The van der Waals surface area contributed by atoms with Crippen molar-refractivity contribution in [3.8, 4) is 10.4 Å². The van der Waals surface area contributed by atoms with Gasteiger partial charge < -0.3 is 4.90 Å². The normalized spacial score (nSPS) is 10.9. The second kappa shape index (κ2) is 6.33. The Kier molecular flexibility index (Phi) is 3.88. The van der Waals surface area contributed by atoms with E-state index in [1.165, 1.54) is 10.4 Å². The van der Waals surface area contributed by atoms with E-state index in [-0.39, 0.29) is 0 Å². The average molecular weight is 333 g/mol. The fourth-order valence-corrected chi connectivity index (χ4v) is 3.62. The molecular formula is C18H15N5S. The standard InChI is InChI=1S/C18H15N5S/c1-23(11-14-10-19-7-8-20-14)17-15-9-16(13-5-3-2-4-6-13)24-18(15)22-12-21-17/h2-10,12H,11H2,1H3. The number of aromatic nitrogens is 4. The molecule has 4 rings (SSSR count). The van der Waals surface area contributed by atoms with Crippen LogP contribution in [0.4, 0.5) is 5.82 Å². The molecule has 0 bridgehead atoms. The highest BCUT2D eigenvalue weighted by Crippen LogP contribution is 2.35. The van der Waals surface area contributed by atoms with Gasteiger partial charge in [-0.05, 0) is 11.6 Å². The summed E-state index contributed by atoms with van der Waals surface area (Å²) in [7, 11) is 2.01. The van der Waals surface area contributed by atoms with Gasteiger partial charge in [-0.25, -0.2) is 9.97 Å². The van der Waals surface area contributed by atoms with Gasteiger partial charge in [0.05, 0.1) is 23.8 Å². The Morgan fingerprint density at radius 2 is 1.92 bits per heavy atom. The van der Waals surface area contributed by atoms with Gasteiger partial charge in [0.1, 0.15) is 17.0 Å². The Hall–Kier alpha value is -2.86. The molecule has 0 unspecified atom stereocenters. The van der Waals surface area contributed by atoms with E-state index in [2.05, 4.69) is 43.0 Å². The third-order valence-electron chi connectivity index (χ3n) is 3.74. The Morgan fingerprint density at radius 1 is 1.04 bits per heavy atom. The van der Waals surface area contributed by atoms with E-state index in [0.29, 0.717) is 6.54 Å². The molecule has 5 nitrogen and oxygen atoms in total. The lowest BCUT2D eigenvalue weighted by molar-refractivity contribution is 0.858.